The molecule has 150 valence electrons. The van der Waals surface area contributed by atoms with E-state index in [-0.39, 0.29) is 11.9 Å². The number of benzene rings is 2. The van der Waals surface area contributed by atoms with Gasteiger partial charge in [-0.05, 0) is 68.7 Å². The van der Waals surface area contributed by atoms with Gasteiger partial charge in [0, 0.05) is 29.9 Å². The Morgan fingerprint density at radius 2 is 1.83 bits per heavy atom. The molecule has 0 saturated carbocycles. The number of nitrogens with zero attached hydrogens (tertiary/aromatic N) is 2. The highest BCUT2D eigenvalue weighted by Gasteiger charge is 2.19. The van der Waals surface area contributed by atoms with Crippen LogP contribution in [-0.4, -0.2) is 36.0 Å². The number of carbonyl (C=O) groups is 1. The largest absolute Gasteiger partial charge is 0.496 e. The summed E-state index contributed by atoms with van der Waals surface area (Å²) in [5, 5.41) is 0. The monoisotopic (exact) mass is 388 g/mol. The van der Waals surface area contributed by atoms with Crippen LogP contribution in [0.1, 0.15) is 34.1 Å². The van der Waals surface area contributed by atoms with E-state index in [0.29, 0.717) is 5.56 Å². The third-order valence-electron chi connectivity index (χ3n) is 5.19. The van der Waals surface area contributed by atoms with E-state index in [1.54, 1.807) is 12.0 Å². The van der Waals surface area contributed by atoms with E-state index in [1.165, 1.54) is 0 Å². The van der Waals surface area contributed by atoms with Crippen LogP contribution in [0.3, 0.4) is 0 Å². The zero-order valence-corrected chi connectivity index (χ0v) is 17.8. The summed E-state index contributed by atoms with van der Waals surface area (Å²) in [5.41, 5.74) is 5.73. The number of para-hydroxylation sites is 1. The molecule has 0 unspecified atom stereocenters. The predicted octanol–water partition coefficient (Wildman–Crippen LogP) is 5.08. The zero-order chi connectivity index (χ0) is 21.0. The molecule has 0 radical (unpaired) electrons. The third kappa shape index (κ3) is 4.83. The van der Waals surface area contributed by atoms with Gasteiger partial charge in [-0.25, -0.2) is 0 Å². The van der Waals surface area contributed by atoms with Gasteiger partial charge >= 0.3 is 0 Å². The highest BCUT2D eigenvalue weighted by molar-refractivity contribution is 5.95. The fraction of sp³-hybridized carbons (Fsp3) is 0.280. The predicted molar refractivity (Wildman–Crippen MR) is 117 cm³/mol. The lowest BCUT2D eigenvalue weighted by Gasteiger charge is -2.26. The van der Waals surface area contributed by atoms with Crippen molar-refractivity contribution < 1.29 is 9.53 Å². The first-order valence-electron chi connectivity index (χ1n) is 9.84. The van der Waals surface area contributed by atoms with Crippen molar-refractivity contribution in [3.8, 4) is 17.0 Å². The standard InChI is InChI=1S/C25H28N2O2/c1-17-13-18(2)26-23(14-17)20-10-8-11-22(16-20)25(28)27(4)19(3)15-21-9-6-7-12-24(21)29-5/h6-14,16,19H,15H2,1-5H3/t19-/m0/s1. The van der Waals surface area contributed by atoms with Crippen molar-refractivity contribution in [2.75, 3.05) is 14.2 Å². The first kappa shape index (κ1) is 20.6. The molecule has 0 aliphatic carbocycles. The van der Waals surface area contributed by atoms with Crippen LogP contribution in [0, 0.1) is 13.8 Å². The molecule has 29 heavy (non-hydrogen) atoms. The first-order chi connectivity index (χ1) is 13.9. The molecule has 1 heterocycles. The molecule has 3 aromatic rings. The lowest BCUT2D eigenvalue weighted by Crippen LogP contribution is -2.36. The summed E-state index contributed by atoms with van der Waals surface area (Å²) < 4.78 is 5.44. The van der Waals surface area contributed by atoms with Gasteiger partial charge < -0.3 is 9.64 Å². The van der Waals surface area contributed by atoms with Crippen LogP contribution in [0.15, 0.2) is 60.7 Å². The highest BCUT2D eigenvalue weighted by atomic mass is 16.5. The van der Waals surface area contributed by atoms with Crippen LogP contribution in [-0.2, 0) is 6.42 Å². The molecule has 1 aromatic heterocycles. The Morgan fingerprint density at radius 3 is 2.55 bits per heavy atom. The van der Waals surface area contributed by atoms with Crippen molar-refractivity contribution >= 4 is 5.91 Å². The van der Waals surface area contributed by atoms with E-state index in [0.717, 1.165) is 40.2 Å². The maximum atomic E-state index is 13.1. The third-order valence-corrected chi connectivity index (χ3v) is 5.19. The number of rotatable bonds is 6. The van der Waals surface area contributed by atoms with Gasteiger partial charge in [0.2, 0.25) is 0 Å². The number of amides is 1. The van der Waals surface area contributed by atoms with Crippen molar-refractivity contribution in [2.45, 2.75) is 33.2 Å². The van der Waals surface area contributed by atoms with Crippen LogP contribution < -0.4 is 4.74 Å². The van der Waals surface area contributed by atoms with Gasteiger partial charge in [-0.1, -0.05) is 30.3 Å². The molecule has 0 bridgehead atoms. The number of methoxy groups -OCH3 is 1. The molecule has 1 atom stereocenters. The van der Waals surface area contributed by atoms with Crippen molar-refractivity contribution in [3.05, 3.63) is 83.0 Å². The minimum Gasteiger partial charge on any atom is -0.496 e. The average Bonchev–Trinajstić information content (AvgIpc) is 2.72. The number of pyridine rings is 1. The molecular weight excluding hydrogens is 360 g/mol. The van der Waals surface area contributed by atoms with Gasteiger partial charge in [-0.3, -0.25) is 9.78 Å². The van der Waals surface area contributed by atoms with Crippen molar-refractivity contribution in [1.82, 2.24) is 9.88 Å². The lowest BCUT2D eigenvalue weighted by atomic mass is 10.0. The quantitative estimate of drug-likeness (QED) is 0.591. The Labute approximate surface area is 173 Å². The molecule has 2 aromatic carbocycles. The number of aromatic nitrogens is 1. The van der Waals surface area contributed by atoms with E-state index in [2.05, 4.69) is 18.8 Å². The van der Waals surface area contributed by atoms with Gasteiger partial charge in [0.25, 0.3) is 5.91 Å². The molecule has 4 heteroatoms. The molecule has 0 N–H and O–H groups in total. The second-order valence-corrected chi connectivity index (χ2v) is 7.53. The van der Waals surface area contributed by atoms with E-state index < -0.39 is 0 Å². The normalized spacial score (nSPS) is 11.8. The molecule has 3 rings (SSSR count). The summed E-state index contributed by atoms with van der Waals surface area (Å²) in [6.07, 6.45) is 0.727. The van der Waals surface area contributed by atoms with Crippen molar-refractivity contribution in [3.63, 3.8) is 0 Å². The first-order valence-corrected chi connectivity index (χ1v) is 9.84. The Morgan fingerprint density at radius 1 is 1.07 bits per heavy atom. The number of hydrogen-bond acceptors (Lipinski definition) is 3. The Bertz CT molecular complexity index is 993. The Hall–Kier alpha value is -3.14. The van der Waals surface area contributed by atoms with Gasteiger partial charge in [0.1, 0.15) is 5.75 Å². The molecule has 0 spiro atoms. The van der Waals surface area contributed by atoms with Crippen LogP contribution >= 0.6 is 0 Å². The van der Waals surface area contributed by atoms with E-state index in [9.17, 15) is 4.79 Å². The molecule has 0 aliphatic heterocycles. The minimum absolute atomic E-state index is 0.00128. The fourth-order valence-corrected chi connectivity index (χ4v) is 3.53. The second kappa shape index (κ2) is 8.91. The summed E-state index contributed by atoms with van der Waals surface area (Å²) in [7, 11) is 3.52. The minimum atomic E-state index is -0.00128. The molecule has 4 nitrogen and oxygen atoms in total. The zero-order valence-electron chi connectivity index (χ0n) is 17.8. The fourth-order valence-electron chi connectivity index (χ4n) is 3.53. The van der Waals surface area contributed by atoms with Crippen LogP contribution in [0.25, 0.3) is 11.3 Å². The molecule has 0 aliphatic rings. The van der Waals surface area contributed by atoms with Gasteiger partial charge in [-0.2, -0.15) is 0 Å². The highest BCUT2D eigenvalue weighted by Crippen LogP contribution is 2.23. The van der Waals surface area contributed by atoms with Gasteiger partial charge in [0.05, 0.1) is 12.8 Å². The lowest BCUT2D eigenvalue weighted by molar-refractivity contribution is 0.0743. The SMILES string of the molecule is COc1ccccc1C[C@H](C)N(C)C(=O)c1cccc(-c2cc(C)cc(C)n2)c1. The number of carbonyl (C=O) groups excluding carboxylic acids is 1. The summed E-state index contributed by atoms with van der Waals surface area (Å²) in [6, 6.07) is 19.8. The van der Waals surface area contributed by atoms with Crippen LogP contribution in [0.2, 0.25) is 0 Å². The number of aryl methyl sites for hydroxylation is 2. The summed E-state index contributed by atoms with van der Waals surface area (Å²) in [6.45, 7) is 6.10. The van der Waals surface area contributed by atoms with Crippen LogP contribution in [0.4, 0.5) is 0 Å². The second-order valence-electron chi connectivity index (χ2n) is 7.53. The van der Waals surface area contributed by atoms with Gasteiger partial charge in [0.15, 0.2) is 0 Å². The molecule has 1 amide bonds. The van der Waals surface area contributed by atoms with Gasteiger partial charge in [-0.15, -0.1) is 0 Å². The average molecular weight is 389 g/mol. The smallest absolute Gasteiger partial charge is 0.253 e. The van der Waals surface area contributed by atoms with E-state index in [1.807, 2.05) is 74.6 Å². The summed E-state index contributed by atoms with van der Waals surface area (Å²) >= 11 is 0. The maximum Gasteiger partial charge on any atom is 0.253 e. The summed E-state index contributed by atoms with van der Waals surface area (Å²) in [5.74, 6) is 0.849. The Kier molecular flexibility index (Phi) is 6.32. The van der Waals surface area contributed by atoms with E-state index in [4.69, 9.17) is 4.74 Å². The van der Waals surface area contributed by atoms with Crippen molar-refractivity contribution in [1.29, 1.82) is 0 Å². The van der Waals surface area contributed by atoms with Crippen LogP contribution in [0.5, 0.6) is 5.75 Å². The Balaban J connectivity index is 1.80. The molecule has 0 fully saturated rings. The molecule has 0 saturated heterocycles. The maximum absolute atomic E-state index is 13.1. The van der Waals surface area contributed by atoms with Crippen molar-refractivity contribution in [2.24, 2.45) is 0 Å². The number of ether oxygens (including phenoxy) is 1. The van der Waals surface area contributed by atoms with E-state index >= 15 is 0 Å². The number of hydrogen-bond donors (Lipinski definition) is 0. The molecular formula is C25H28N2O2. The summed E-state index contributed by atoms with van der Waals surface area (Å²) in [4.78, 5) is 19.5. The number of likely N-dealkylation sites (N-methyl/N-ethyl adjacent to an activating group) is 1. The topological polar surface area (TPSA) is 42.4 Å².